The van der Waals surface area contributed by atoms with Crippen molar-refractivity contribution in [2.24, 2.45) is 5.41 Å². The summed E-state index contributed by atoms with van der Waals surface area (Å²) >= 11 is 12.3. The van der Waals surface area contributed by atoms with Crippen LogP contribution in [-0.2, 0) is 11.3 Å². The number of halogens is 2. The summed E-state index contributed by atoms with van der Waals surface area (Å²) in [4.78, 5) is 30.7. The molecule has 1 amide bonds. The maximum atomic E-state index is 12.1. The van der Waals surface area contributed by atoms with Crippen molar-refractivity contribution < 1.29 is 14.7 Å². The molecule has 0 saturated heterocycles. The number of amides is 1. The Morgan fingerprint density at radius 2 is 1.86 bits per heavy atom. The van der Waals surface area contributed by atoms with Gasteiger partial charge >= 0.3 is 5.97 Å². The summed E-state index contributed by atoms with van der Waals surface area (Å²) in [6, 6.07) is 8.28. The van der Waals surface area contributed by atoms with E-state index in [2.05, 4.69) is 20.6 Å². The van der Waals surface area contributed by atoms with Crippen LogP contribution < -0.4 is 10.6 Å². The molecule has 0 spiro atoms. The zero-order valence-electron chi connectivity index (χ0n) is 16.1. The lowest BCUT2D eigenvalue weighted by Gasteiger charge is -2.18. The molecular formula is C20H20Cl2N4O3. The van der Waals surface area contributed by atoms with Gasteiger partial charge in [-0.15, -0.1) is 0 Å². The van der Waals surface area contributed by atoms with Crippen LogP contribution in [0.3, 0.4) is 0 Å². The van der Waals surface area contributed by atoms with Crippen LogP contribution in [0.5, 0.6) is 0 Å². The average Bonchev–Trinajstić information content (AvgIpc) is 3.01. The van der Waals surface area contributed by atoms with Gasteiger partial charge in [-0.2, -0.15) is 0 Å². The van der Waals surface area contributed by atoms with Crippen molar-refractivity contribution in [1.82, 2.24) is 15.3 Å². The highest BCUT2D eigenvalue weighted by Crippen LogP contribution is 2.28. The fourth-order valence-electron chi connectivity index (χ4n) is 2.61. The highest BCUT2D eigenvalue weighted by Gasteiger charge is 2.20. The monoisotopic (exact) mass is 434 g/mol. The minimum Gasteiger partial charge on any atom is -0.478 e. The molecule has 0 bridgehead atoms. The van der Waals surface area contributed by atoms with Crippen LogP contribution in [0, 0.1) is 5.41 Å². The van der Waals surface area contributed by atoms with Crippen LogP contribution in [0.25, 0.3) is 11.0 Å². The van der Waals surface area contributed by atoms with Crippen molar-refractivity contribution in [3.8, 4) is 0 Å². The summed E-state index contributed by atoms with van der Waals surface area (Å²) in [5.74, 6) is -0.788. The standard InChI is InChI=1S/C20H20Cl2N4O3/c1-20(2,3)18(29)23-9-10-4-5-12(21)14(6-10)24-19-25-15-7-11(17(27)28)13(22)8-16(15)26-19/h4-8H,9H2,1-3H3,(H,23,29)(H,27,28)(H2,24,25,26). The minimum atomic E-state index is -1.12. The molecule has 1 aromatic heterocycles. The van der Waals surface area contributed by atoms with E-state index in [0.29, 0.717) is 34.2 Å². The third-order valence-corrected chi connectivity index (χ3v) is 4.86. The Morgan fingerprint density at radius 3 is 2.52 bits per heavy atom. The molecule has 0 radical (unpaired) electrons. The molecule has 4 N–H and O–H groups in total. The van der Waals surface area contributed by atoms with Crippen molar-refractivity contribution in [3.63, 3.8) is 0 Å². The Balaban J connectivity index is 1.82. The third-order valence-electron chi connectivity index (χ3n) is 4.22. The van der Waals surface area contributed by atoms with Gasteiger partial charge in [0.15, 0.2) is 0 Å². The van der Waals surface area contributed by atoms with Gasteiger partial charge in [0.25, 0.3) is 0 Å². The zero-order chi connectivity index (χ0) is 21.3. The van der Waals surface area contributed by atoms with Gasteiger partial charge in [0, 0.05) is 12.0 Å². The molecule has 9 heteroatoms. The predicted octanol–water partition coefficient (Wildman–Crippen LogP) is 4.97. The molecule has 2 aromatic carbocycles. The maximum absolute atomic E-state index is 12.1. The van der Waals surface area contributed by atoms with E-state index in [0.717, 1.165) is 5.56 Å². The molecule has 152 valence electrons. The number of nitrogens with zero attached hydrogens (tertiary/aromatic N) is 1. The molecule has 0 unspecified atom stereocenters. The molecule has 0 aliphatic heterocycles. The van der Waals surface area contributed by atoms with Gasteiger partial charge < -0.3 is 20.7 Å². The molecule has 3 aromatic rings. The van der Waals surface area contributed by atoms with E-state index in [4.69, 9.17) is 23.2 Å². The number of anilines is 2. The first kappa shape index (κ1) is 21.0. The van der Waals surface area contributed by atoms with Crippen molar-refractivity contribution >= 4 is 57.7 Å². The van der Waals surface area contributed by atoms with Gasteiger partial charge in [0.05, 0.1) is 32.3 Å². The summed E-state index contributed by atoms with van der Waals surface area (Å²) in [7, 11) is 0. The summed E-state index contributed by atoms with van der Waals surface area (Å²) in [6.45, 7) is 5.90. The second-order valence-electron chi connectivity index (χ2n) is 7.61. The number of aromatic carboxylic acids is 1. The van der Waals surface area contributed by atoms with E-state index in [9.17, 15) is 14.7 Å². The average molecular weight is 435 g/mol. The van der Waals surface area contributed by atoms with Crippen LogP contribution in [0.15, 0.2) is 30.3 Å². The van der Waals surface area contributed by atoms with Crippen LogP contribution >= 0.6 is 23.2 Å². The van der Waals surface area contributed by atoms with Crippen LogP contribution in [0.4, 0.5) is 11.6 Å². The second kappa shape index (κ2) is 7.93. The van der Waals surface area contributed by atoms with Crippen molar-refractivity contribution in [2.75, 3.05) is 5.32 Å². The van der Waals surface area contributed by atoms with Crippen molar-refractivity contribution in [2.45, 2.75) is 27.3 Å². The molecule has 0 fully saturated rings. The van der Waals surface area contributed by atoms with Gasteiger partial charge in [-0.05, 0) is 29.8 Å². The van der Waals surface area contributed by atoms with Gasteiger partial charge in [0.2, 0.25) is 11.9 Å². The number of H-pyrrole nitrogens is 1. The van der Waals surface area contributed by atoms with Gasteiger partial charge in [-0.3, -0.25) is 4.79 Å². The number of carboxylic acid groups (broad SMARTS) is 1. The molecule has 0 atom stereocenters. The third kappa shape index (κ3) is 4.81. The first-order chi connectivity index (χ1) is 13.5. The molecule has 0 aliphatic carbocycles. The second-order valence-corrected chi connectivity index (χ2v) is 8.43. The van der Waals surface area contributed by atoms with E-state index in [-0.39, 0.29) is 16.5 Å². The summed E-state index contributed by atoms with van der Waals surface area (Å²) in [6.07, 6.45) is 0. The Kier molecular flexibility index (Phi) is 5.73. The van der Waals surface area contributed by atoms with E-state index in [1.54, 1.807) is 6.07 Å². The van der Waals surface area contributed by atoms with E-state index >= 15 is 0 Å². The van der Waals surface area contributed by atoms with Crippen molar-refractivity contribution in [1.29, 1.82) is 0 Å². The predicted molar refractivity (Wildman–Crippen MR) is 114 cm³/mol. The van der Waals surface area contributed by atoms with Gasteiger partial charge in [-0.25, -0.2) is 9.78 Å². The highest BCUT2D eigenvalue weighted by atomic mass is 35.5. The number of carbonyl (C=O) groups excluding carboxylic acids is 1. The lowest BCUT2D eigenvalue weighted by Crippen LogP contribution is -2.34. The number of nitrogens with one attached hydrogen (secondary N) is 3. The molecule has 0 aliphatic rings. The molecule has 1 heterocycles. The Morgan fingerprint density at radius 1 is 1.14 bits per heavy atom. The number of carbonyl (C=O) groups is 2. The molecular weight excluding hydrogens is 415 g/mol. The number of aromatic amines is 1. The molecule has 7 nitrogen and oxygen atoms in total. The van der Waals surface area contributed by atoms with Crippen LogP contribution in [0.1, 0.15) is 36.7 Å². The van der Waals surface area contributed by atoms with E-state index < -0.39 is 11.4 Å². The smallest absolute Gasteiger partial charge is 0.337 e. The lowest BCUT2D eigenvalue weighted by molar-refractivity contribution is -0.128. The number of imidazole rings is 1. The molecule has 29 heavy (non-hydrogen) atoms. The fourth-order valence-corrected chi connectivity index (χ4v) is 3.02. The quantitative estimate of drug-likeness (QED) is 0.453. The Labute approximate surface area is 177 Å². The summed E-state index contributed by atoms with van der Waals surface area (Å²) in [5, 5.41) is 15.8. The minimum absolute atomic E-state index is 0.0214. The van der Waals surface area contributed by atoms with Gasteiger partial charge in [0.1, 0.15) is 0 Å². The number of aromatic nitrogens is 2. The van der Waals surface area contributed by atoms with E-state index in [1.165, 1.54) is 12.1 Å². The number of rotatable bonds is 5. The van der Waals surface area contributed by atoms with E-state index in [1.807, 2.05) is 32.9 Å². The van der Waals surface area contributed by atoms with Crippen molar-refractivity contribution in [3.05, 3.63) is 51.5 Å². The first-order valence-corrected chi connectivity index (χ1v) is 9.56. The van der Waals surface area contributed by atoms with Crippen LogP contribution in [-0.4, -0.2) is 27.0 Å². The fraction of sp³-hybridized carbons (Fsp3) is 0.250. The summed E-state index contributed by atoms with van der Waals surface area (Å²) < 4.78 is 0. The highest BCUT2D eigenvalue weighted by molar-refractivity contribution is 6.34. The summed E-state index contributed by atoms with van der Waals surface area (Å²) in [5.41, 5.74) is 2.01. The number of benzene rings is 2. The van der Waals surface area contributed by atoms with Gasteiger partial charge in [-0.1, -0.05) is 50.0 Å². The Hall–Kier alpha value is -2.77. The Bertz CT molecular complexity index is 1100. The number of fused-ring (bicyclic) bond motifs is 1. The lowest BCUT2D eigenvalue weighted by atomic mass is 9.95. The number of carboxylic acids is 1. The molecule has 3 rings (SSSR count). The van der Waals surface area contributed by atoms with Crippen LogP contribution in [0.2, 0.25) is 10.0 Å². The molecule has 0 saturated carbocycles. The normalized spacial score (nSPS) is 11.5. The number of hydrogen-bond donors (Lipinski definition) is 4. The largest absolute Gasteiger partial charge is 0.478 e. The topological polar surface area (TPSA) is 107 Å². The number of hydrogen-bond acceptors (Lipinski definition) is 4. The maximum Gasteiger partial charge on any atom is 0.337 e. The zero-order valence-corrected chi connectivity index (χ0v) is 17.6. The first-order valence-electron chi connectivity index (χ1n) is 8.81. The SMILES string of the molecule is CC(C)(C)C(=O)NCc1ccc(Cl)c(Nc2nc3cc(C(=O)O)c(Cl)cc3[nH]2)c1.